The quantitative estimate of drug-likeness (QED) is 0.613. The Bertz CT molecular complexity index is 974. The van der Waals surface area contributed by atoms with Gasteiger partial charge in [-0.15, -0.1) is 0 Å². The standard InChI is InChI=1S/C21H24N6O3/c1-14(2)29-18-6-5-16(11-24-18)21(28)27-9-3-4-15(13-27)10-19-25-20(26-30-19)17-12-22-7-8-23-17/h5-8,11-12,14-15H,3-4,9-10,13H2,1-2H3. The maximum Gasteiger partial charge on any atom is 0.255 e. The summed E-state index contributed by atoms with van der Waals surface area (Å²) in [6.45, 7) is 5.25. The van der Waals surface area contributed by atoms with Crippen LogP contribution in [0.3, 0.4) is 0 Å². The number of pyridine rings is 1. The highest BCUT2D eigenvalue weighted by molar-refractivity contribution is 5.94. The Kier molecular flexibility index (Phi) is 5.97. The summed E-state index contributed by atoms with van der Waals surface area (Å²) in [5.41, 5.74) is 1.14. The second-order valence-electron chi connectivity index (χ2n) is 7.62. The van der Waals surface area contributed by atoms with Crippen LogP contribution >= 0.6 is 0 Å². The molecule has 0 bridgehead atoms. The van der Waals surface area contributed by atoms with Gasteiger partial charge in [0.2, 0.25) is 17.6 Å². The molecule has 3 aromatic rings. The summed E-state index contributed by atoms with van der Waals surface area (Å²) in [7, 11) is 0. The van der Waals surface area contributed by atoms with Crippen LogP contribution in [0.5, 0.6) is 5.88 Å². The number of carbonyl (C=O) groups is 1. The van der Waals surface area contributed by atoms with E-state index in [-0.39, 0.29) is 17.9 Å². The molecule has 3 aromatic heterocycles. The highest BCUT2D eigenvalue weighted by atomic mass is 16.5. The summed E-state index contributed by atoms with van der Waals surface area (Å²) in [6, 6.07) is 3.50. The highest BCUT2D eigenvalue weighted by Gasteiger charge is 2.26. The molecule has 30 heavy (non-hydrogen) atoms. The molecule has 1 atom stereocenters. The first-order valence-electron chi connectivity index (χ1n) is 10.1. The van der Waals surface area contributed by atoms with Gasteiger partial charge in [0.25, 0.3) is 5.91 Å². The molecule has 0 radical (unpaired) electrons. The Balaban J connectivity index is 1.37. The number of hydrogen-bond donors (Lipinski definition) is 0. The van der Waals surface area contributed by atoms with Crippen molar-refractivity contribution >= 4 is 5.91 Å². The topological polar surface area (TPSA) is 107 Å². The zero-order valence-electron chi connectivity index (χ0n) is 17.1. The molecule has 4 rings (SSSR count). The first kappa shape index (κ1) is 19.9. The van der Waals surface area contributed by atoms with Crippen molar-refractivity contribution < 1.29 is 14.1 Å². The summed E-state index contributed by atoms with van der Waals surface area (Å²) in [5.74, 6) is 1.74. The fourth-order valence-electron chi connectivity index (χ4n) is 3.52. The molecule has 9 heteroatoms. The van der Waals surface area contributed by atoms with E-state index in [1.54, 1.807) is 36.9 Å². The van der Waals surface area contributed by atoms with Gasteiger partial charge in [0.15, 0.2) is 0 Å². The Morgan fingerprint density at radius 3 is 2.90 bits per heavy atom. The van der Waals surface area contributed by atoms with Crippen molar-refractivity contribution in [3.8, 4) is 17.4 Å². The van der Waals surface area contributed by atoms with Crippen LogP contribution in [0.2, 0.25) is 0 Å². The monoisotopic (exact) mass is 408 g/mol. The van der Waals surface area contributed by atoms with Crippen molar-refractivity contribution in [2.24, 2.45) is 5.92 Å². The van der Waals surface area contributed by atoms with Gasteiger partial charge in [-0.3, -0.25) is 9.78 Å². The van der Waals surface area contributed by atoms with E-state index >= 15 is 0 Å². The van der Waals surface area contributed by atoms with E-state index in [4.69, 9.17) is 9.26 Å². The third-order valence-corrected chi connectivity index (χ3v) is 4.87. The third kappa shape index (κ3) is 4.79. The molecule has 0 aliphatic carbocycles. The van der Waals surface area contributed by atoms with Crippen LogP contribution in [0.4, 0.5) is 0 Å². The fraction of sp³-hybridized carbons (Fsp3) is 0.429. The number of likely N-dealkylation sites (tertiary alicyclic amines) is 1. The first-order chi connectivity index (χ1) is 14.6. The molecule has 4 heterocycles. The van der Waals surface area contributed by atoms with Gasteiger partial charge in [0, 0.05) is 44.2 Å². The highest BCUT2D eigenvalue weighted by Crippen LogP contribution is 2.23. The van der Waals surface area contributed by atoms with Crippen molar-refractivity contribution in [1.82, 2.24) is 30.0 Å². The van der Waals surface area contributed by atoms with Gasteiger partial charge < -0.3 is 14.2 Å². The van der Waals surface area contributed by atoms with Gasteiger partial charge in [0.05, 0.1) is 17.9 Å². The molecule has 0 N–H and O–H groups in total. The van der Waals surface area contributed by atoms with Gasteiger partial charge in [0.1, 0.15) is 5.69 Å². The van der Waals surface area contributed by atoms with Gasteiger partial charge in [-0.2, -0.15) is 4.98 Å². The smallest absolute Gasteiger partial charge is 0.255 e. The summed E-state index contributed by atoms with van der Waals surface area (Å²) in [5, 5.41) is 3.99. The molecule has 156 valence electrons. The maximum absolute atomic E-state index is 12.9. The van der Waals surface area contributed by atoms with E-state index < -0.39 is 0 Å². The predicted octanol–water partition coefficient (Wildman–Crippen LogP) is 2.80. The SMILES string of the molecule is CC(C)Oc1ccc(C(=O)N2CCCC(Cc3nc(-c4cnccn4)no3)C2)cn1. The number of aromatic nitrogens is 5. The second kappa shape index (κ2) is 8.98. The minimum atomic E-state index is -0.0194. The number of piperidine rings is 1. The molecule has 1 fully saturated rings. The van der Waals surface area contributed by atoms with Crippen molar-refractivity contribution in [3.63, 3.8) is 0 Å². The number of ether oxygens (including phenoxy) is 1. The van der Waals surface area contributed by atoms with Crippen LogP contribution in [0.15, 0.2) is 41.4 Å². The Morgan fingerprint density at radius 2 is 2.17 bits per heavy atom. The van der Waals surface area contributed by atoms with Crippen LogP contribution in [0.25, 0.3) is 11.5 Å². The van der Waals surface area contributed by atoms with Gasteiger partial charge in [-0.05, 0) is 38.7 Å². The number of amides is 1. The molecule has 0 spiro atoms. The van der Waals surface area contributed by atoms with Crippen LogP contribution in [-0.2, 0) is 6.42 Å². The lowest BCUT2D eigenvalue weighted by molar-refractivity contribution is 0.0667. The minimum Gasteiger partial charge on any atom is -0.475 e. The molecule has 1 aliphatic rings. The normalized spacial score (nSPS) is 16.6. The van der Waals surface area contributed by atoms with E-state index in [0.29, 0.717) is 41.8 Å². The zero-order valence-corrected chi connectivity index (χ0v) is 17.1. The molecule has 1 saturated heterocycles. The Hall–Kier alpha value is -3.36. The molecule has 1 amide bonds. The van der Waals surface area contributed by atoms with Crippen molar-refractivity contribution in [3.05, 3.63) is 48.4 Å². The fourth-order valence-corrected chi connectivity index (χ4v) is 3.52. The number of carbonyl (C=O) groups excluding carboxylic acids is 1. The molecule has 0 aromatic carbocycles. The van der Waals surface area contributed by atoms with E-state index in [9.17, 15) is 4.79 Å². The van der Waals surface area contributed by atoms with Crippen LogP contribution in [0.1, 0.15) is 42.9 Å². The van der Waals surface area contributed by atoms with E-state index in [0.717, 1.165) is 19.4 Å². The molecule has 1 unspecified atom stereocenters. The maximum atomic E-state index is 12.9. The molecule has 1 aliphatic heterocycles. The van der Waals surface area contributed by atoms with Crippen LogP contribution in [-0.4, -0.2) is 55.1 Å². The zero-order chi connectivity index (χ0) is 20.9. The van der Waals surface area contributed by atoms with Crippen molar-refractivity contribution in [2.75, 3.05) is 13.1 Å². The largest absolute Gasteiger partial charge is 0.475 e. The van der Waals surface area contributed by atoms with Crippen LogP contribution < -0.4 is 4.74 Å². The van der Waals surface area contributed by atoms with Crippen molar-refractivity contribution in [2.45, 2.75) is 39.2 Å². The lowest BCUT2D eigenvalue weighted by atomic mass is 9.94. The van der Waals surface area contributed by atoms with E-state index in [1.807, 2.05) is 18.7 Å². The van der Waals surface area contributed by atoms with E-state index in [2.05, 4.69) is 25.1 Å². The summed E-state index contributed by atoms with van der Waals surface area (Å²) >= 11 is 0. The average molecular weight is 408 g/mol. The van der Waals surface area contributed by atoms with Gasteiger partial charge >= 0.3 is 0 Å². The van der Waals surface area contributed by atoms with Crippen LogP contribution in [0, 0.1) is 5.92 Å². The summed E-state index contributed by atoms with van der Waals surface area (Å²) in [6.07, 6.45) is 8.97. The average Bonchev–Trinajstić information content (AvgIpc) is 3.23. The summed E-state index contributed by atoms with van der Waals surface area (Å²) in [4.78, 5) is 31.6. The minimum absolute atomic E-state index is 0.0194. The second-order valence-corrected chi connectivity index (χ2v) is 7.62. The van der Waals surface area contributed by atoms with Gasteiger partial charge in [-0.25, -0.2) is 9.97 Å². The van der Waals surface area contributed by atoms with Crippen molar-refractivity contribution in [1.29, 1.82) is 0 Å². The first-order valence-corrected chi connectivity index (χ1v) is 10.1. The number of nitrogens with zero attached hydrogens (tertiary/aromatic N) is 6. The molecular weight excluding hydrogens is 384 g/mol. The number of hydrogen-bond acceptors (Lipinski definition) is 8. The third-order valence-electron chi connectivity index (χ3n) is 4.87. The lowest BCUT2D eigenvalue weighted by Crippen LogP contribution is -2.40. The Morgan fingerprint density at radius 1 is 1.27 bits per heavy atom. The predicted molar refractivity (Wildman–Crippen MR) is 108 cm³/mol. The lowest BCUT2D eigenvalue weighted by Gasteiger charge is -2.32. The van der Waals surface area contributed by atoms with Gasteiger partial charge in [-0.1, -0.05) is 5.16 Å². The van der Waals surface area contributed by atoms with E-state index in [1.165, 1.54) is 0 Å². The Labute approximate surface area is 174 Å². The molecule has 0 saturated carbocycles. The summed E-state index contributed by atoms with van der Waals surface area (Å²) < 4.78 is 10.9. The number of rotatable bonds is 6. The molecule has 9 nitrogen and oxygen atoms in total. The molecular formula is C21H24N6O3.